The number of anilines is 2. The highest BCUT2D eigenvalue weighted by Gasteiger charge is 2.32. The fourth-order valence-corrected chi connectivity index (χ4v) is 4.98. The molecule has 0 bridgehead atoms. The third-order valence-electron chi connectivity index (χ3n) is 4.52. The first kappa shape index (κ1) is 18.4. The van der Waals surface area contributed by atoms with Crippen LogP contribution in [0.4, 0.5) is 11.5 Å². The maximum atomic E-state index is 12.1. The maximum absolute atomic E-state index is 12.1. The lowest BCUT2D eigenvalue weighted by Crippen LogP contribution is -2.36. The van der Waals surface area contributed by atoms with E-state index >= 15 is 0 Å². The van der Waals surface area contributed by atoms with Gasteiger partial charge in [0.2, 0.25) is 5.91 Å². The summed E-state index contributed by atoms with van der Waals surface area (Å²) in [4.78, 5) is 18.6. The van der Waals surface area contributed by atoms with Crippen molar-refractivity contribution in [3.63, 3.8) is 0 Å². The van der Waals surface area contributed by atoms with E-state index in [0.717, 1.165) is 11.4 Å². The number of carbonyl (C=O) groups excluding carboxylic acids is 1. The topological polar surface area (TPSA) is 79.4 Å². The van der Waals surface area contributed by atoms with E-state index in [2.05, 4.69) is 10.3 Å². The highest BCUT2D eigenvalue weighted by atomic mass is 32.2. The smallest absolute Gasteiger partial charge is 0.228 e. The van der Waals surface area contributed by atoms with Crippen molar-refractivity contribution < 1.29 is 13.2 Å². The number of aromatic nitrogens is 1. The summed E-state index contributed by atoms with van der Waals surface area (Å²) in [6.45, 7) is 2.68. The van der Waals surface area contributed by atoms with E-state index in [1.165, 1.54) is 0 Å². The average molecular weight is 373 g/mol. The number of hydrogen-bond acceptors (Lipinski definition) is 5. The molecule has 26 heavy (non-hydrogen) atoms. The van der Waals surface area contributed by atoms with Crippen LogP contribution in [-0.4, -0.2) is 43.4 Å². The lowest BCUT2D eigenvalue weighted by Gasteiger charge is -2.28. The van der Waals surface area contributed by atoms with Gasteiger partial charge in [0.1, 0.15) is 5.82 Å². The minimum absolute atomic E-state index is 0.0315. The van der Waals surface area contributed by atoms with Crippen molar-refractivity contribution in [3.8, 4) is 0 Å². The summed E-state index contributed by atoms with van der Waals surface area (Å²) in [5, 5.41) is 2.84. The molecule has 1 unspecified atom stereocenters. The number of rotatable bonds is 6. The first-order valence-corrected chi connectivity index (χ1v) is 10.6. The van der Waals surface area contributed by atoms with Crippen LogP contribution in [0.5, 0.6) is 0 Å². The van der Waals surface area contributed by atoms with Crippen molar-refractivity contribution in [2.45, 2.75) is 25.8 Å². The van der Waals surface area contributed by atoms with Gasteiger partial charge in [-0.3, -0.25) is 4.79 Å². The predicted octanol–water partition coefficient (Wildman–Crippen LogP) is 2.28. The number of nitrogens with zero attached hydrogens (tertiary/aromatic N) is 2. The molecule has 2 heterocycles. The van der Waals surface area contributed by atoms with E-state index in [4.69, 9.17) is 0 Å². The third-order valence-corrected chi connectivity index (χ3v) is 6.27. The molecule has 1 aromatic carbocycles. The van der Waals surface area contributed by atoms with E-state index in [0.29, 0.717) is 25.1 Å². The molecule has 0 saturated carbocycles. The molecule has 0 radical (unpaired) electrons. The summed E-state index contributed by atoms with van der Waals surface area (Å²) >= 11 is 0. The molecule has 1 aliphatic heterocycles. The first-order chi connectivity index (χ1) is 12.5. The summed E-state index contributed by atoms with van der Waals surface area (Å²) in [5.41, 5.74) is 1.58. The number of benzene rings is 1. The Labute approximate surface area is 154 Å². The van der Waals surface area contributed by atoms with Gasteiger partial charge in [0, 0.05) is 12.6 Å². The van der Waals surface area contributed by atoms with Gasteiger partial charge >= 0.3 is 0 Å². The summed E-state index contributed by atoms with van der Waals surface area (Å²) in [6.07, 6.45) is 2.56. The van der Waals surface area contributed by atoms with Crippen molar-refractivity contribution in [1.82, 2.24) is 4.98 Å². The van der Waals surface area contributed by atoms with Crippen LogP contribution in [0, 0.1) is 0 Å². The van der Waals surface area contributed by atoms with Crippen LogP contribution in [0.2, 0.25) is 0 Å². The quantitative estimate of drug-likeness (QED) is 0.840. The van der Waals surface area contributed by atoms with Gasteiger partial charge in [-0.05, 0) is 31.0 Å². The molecule has 1 atom stereocenters. The molecule has 1 aromatic heterocycles. The molecule has 6 nitrogen and oxygen atoms in total. The zero-order valence-corrected chi connectivity index (χ0v) is 15.6. The molecule has 0 spiro atoms. The molecule has 1 amide bonds. The van der Waals surface area contributed by atoms with E-state index in [1.54, 1.807) is 12.3 Å². The molecule has 1 fully saturated rings. The average Bonchev–Trinajstić information content (AvgIpc) is 2.97. The molecule has 7 heteroatoms. The summed E-state index contributed by atoms with van der Waals surface area (Å²) in [7, 11) is -2.94. The Hall–Kier alpha value is -2.41. The Morgan fingerprint density at radius 3 is 2.58 bits per heavy atom. The van der Waals surface area contributed by atoms with E-state index in [1.807, 2.05) is 48.2 Å². The van der Waals surface area contributed by atoms with Gasteiger partial charge in [-0.2, -0.15) is 0 Å². The Morgan fingerprint density at radius 2 is 2.00 bits per heavy atom. The van der Waals surface area contributed by atoms with Crippen molar-refractivity contribution in [2.24, 2.45) is 0 Å². The zero-order valence-electron chi connectivity index (χ0n) is 14.8. The van der Waals surface area contributed by atoms with Gasteiger partial charge in [0.15, 0.2) is 9.84 Å². The van der Waals surface area contributed by atoms with Crippen molar-refractivity contribution in [1.29, 1.82) is 0 Å². The second-order valence-corrected chi connectivity index (χ2v) is 8.69. The number of carbonyl (C=O) groups is 1. The van der Waals surface area contributed by atoms with Crippen molar-refractivity contribution in [3.05, 3.63) is 54.2 Å². The Bertz CT molecular complexity index is 851. The van der Waals surface area contributed by atoms with Gasteiger partial charge in [-0.25, -0.2) is 13.4 Å². The second kappa shape index (κ2) is 7.86. The molecular weight excluding hydrogens is 350 g/mol. The van der Waals surface area contributed by atoms with Crippen LogP contribution in [0.3, 0.4) is 0 Å². The molecule has 2 aromatic rings. The Kier molecular flexibility index (Phi) is 5.56. The molecular formula is C19H23N3O3S. The summed E-state index contributed by atoms with van der Waals surface area (Å²) in [5.74, 6) is 1.05. The van der Waals surface area contributed by atoms with Gasteiger partial charge in [-0.1, -0.05) is 30.3 Å². The Morgan fingerprint density at radius 1 is 1.23 bits per heavy atom. The minimum Gasteiger partial charge on any atom is -0.353 e. The molecule has 1 N–H and O–H groups in total. The molecule has 1 aliphatic rings. The number of sulfone groups is 1. The highest BCUT2D eigenvalue weighted by molar-refractivity contribution is 7.91. The molecule has 0 aliphatic carbocycles. The summed E-state index contributed by atoms with van der Waals surface area (Å²) < 4.78 is 23.4. The van der Waals surface area contributed by atoms with E-state index in [-0.39, 0.29) is 23.5 Å². The number of pyridine rings is 1. The molecule has 3 rings (SSSR count). The summed E-state index contributed by atoms with van der Waals surface area (Å²) in [6, 6.07) is 13.1. The van der Waals surface area contributed by atoms with Gasteiger partial charge in [-0.15, -0.1) is 0 Å². The SMILES string of the molecule is CCN(c1ccc(NC(=O)Cc2ccccc2)cn1)C1CCS(=O)(=O)C1. The minimum atomic E-state index is -2.94. The predicted molar refractivity (Wildman–Crippen MR) is 103 cm³/mol. The van der Waals surface area contributed by atoms with Crippen LogP contribution < -0.4 is 10.2 Å². The monoisotopic (exact) mass is 373 g/mol. The normalized spacial score (nSPS) is 18.4. The van der Waals surface area contributed by atoms with Crippen molar-refractivity contribution in [2.75, 3.05) is 28.3 Å². The second-order valence-electron chi connectivity index (χ2n) is 6.46. The highest BCUT2D eigenvalue weighted by Crippen LogP contribution is 2.23. The van der Waals surface area contributed by atoms with Crippen LogP contribution in [-0.2, 0) is 21.1 Å². The maximum Gasteiger partial charge on any atom is 0.228 e. The van der Waals surface area contributed by atoms with Crippen LogP contribution in [0.15, 0.2) is 48.7 Å². The van der Waals surface area contributed by atoms with Crippen molar-refractivity contribution >= 4 is 27.2 Å². The van der Waals surface area contributed by atoms with Gasteiger partial charge in [0.25, 0.3) is 0 Å². The number of nitrogens with one attached hydrogen (secondary N) is 1. The largest absolute Gasteiger partial charge is 0.353 e. The molecule has 138 valence electrons. The van der Waals surface area contributed by atoms with E-state index in [9.17, 15) is 13.2 Å². The first-order valence-electron chi connectivity index (χ1n) is 8.74. The Balaban J connectivity index is 1.63. The lowest BCUT2D eigenvalue weighted by atomic mass is 10.1. The molecule has 1 saturated heterocycles. The van der Waals surface area contributed by atoms with Crippen LogP contribution in [0.1, 0.15) is 18.9 Å². The van der Waals surface area contributed by atoms with Gasteiger partial charge < -0.3 is 10.2 Å². The van der Waals surface area contributed by atoms with Gasteiger partial charge in [0.05, 0.1) is 29.8 Å². The fraction of sp³-hybridized carbons (Fsp3) is 0.368. The van der Waals surface area contributed by atoms with E-state index < -0.39 is 9.84 Å². The standard InChI is InChI=1S/C19H23N3O3S/c1-2-22(17-10-11-26(24,25)14-17)18-9-8-16(13-20-18)21-19(23)12-15-6-4-3-5-7-15/h3-9,13,17H,2,10-12,14H2,1H3,(H,21,23). The number of amides is 1. The van der Waals surface area contributed by atoms with Crippen LogP contribution >= 0.6 is 0 Å². The lowest BCUT2D eigenvalue weighted by molar-refractivity contribution is -0.115. The van der Waals surface area contributed by atoms with Crippen LogP contribution in [0.25, 0.3) is 0 Å². The fourth-order valence-electron chi connectivity index (χ4n) is 3.24. The zero-order chi connectivity index (χ0) is 18.6. The number of hydrogen-bond donors (Lipinski definition) is 1. The third kappa shape index (κ3) is 4.60.